The second kappa shape index (κ2) is 5.18. The van der Waals surface area contributed by atoms with E-state index in [-0.39, 0.29) is 10.8 Å². The number of aliphatic hydroxyl groups is 1. The van der Waals surface area contributed by atoms with E-state index in [2.05, 4.69) is 10.3 Å². The Morgan fingerprint density at radius 1 is 1.53 bits per heavy atom. The van der Waals surface area contributed by atoms with Crippen LogP contribution in [0.2, 0.25) is 5.02 Å². The molecule has 0 amide bonds. The van der Waals surface area contributed by atoms with Gasteiger partial charge in [0.25, 0.3) is 6.43 Å². The first-order valence-electron chi connectivity index (χ1n) is 4.02. The van der Waals surface area contributed by atoms with E-state index in [9.17, 15) is 13.2 Å². The predicted octanol–water partition coefficient (Wildman–Crippen LogP) is 1.91. The fourth-order valence-corrected chi connectivity index (χ4v) is 0.980. The van der Waals surface area contributed by atoms with Crippen molar-refractivity contribution in [3.05, 3.63) is 23.1 Å². The Bertz CT molecular complexity index is 338. The smallest absolute Gasteiger partial charge is 0.265 e. The molecule has 1 atom stereocenters. The Morgan fingerprint density at radius 3 is 2.73 bits per heavy atom. The van der Waals surface area contributed by atoms with Crippen molar-refractivity contribution in [3.63, 3.8) is 0 Å². The van der Waals surface area contributed by atoms with Crippen LogP contribution in [0.1, 0.15) is 0 Å². The van der Waals surface area contributed by atoms with Crippen molar-refractivity contribution in [2.75, 3.05) is 11.9 Å². The van der Waals surface area contributed by atoms with E-state index in [4.69, 9.17) is 16.7 Å². The number of anilines is 1. The van der Waals surface area contributed by atoms with Gasteiger partial charge in [-0.1, -0.05) is 11.6 Å². The lowest BCUT2D eigenvalue weighted by Gasteiger charge is -2.11. The lowest BCUT2D eigenvalue weighted by molar-refractivity contribution is 0.00377. The summed E-state index contributed by atoms with van der Waals surface area (Å²) in [5.74, 6) is -0.983. The van der Waals surface area contributed by atoms with Crippen molar-refractivity contribution in [1.82, 2.24) is 4.98 Å². The average molecular weight is 241 g/mol. The summed E-state index contributed by atoms with van der Waals surface area (Å²) in [5.41, 5.74) is 0. The van der Waals surface area contributed by atoms with Crippen LogP contribution in [0.3, 0.4) is 0 Å². The molecular formula is C8H8ClF3N2O. The van der Waals surface area contributed by atoms with E-state index in [1.54, 1.807) is 0 Å². The first kappa shape index (κ1) is 12.1. The molecule has 1 rings (SSSR count). The van der Waals surface area contributed by atoms with Gasteiger partial charge < -0.3 is 10.4 Å². The first-order valence-corrected chi connectivity index (χ1v) is 4.39. The summed E-state index contributed by atoms with van der Waals surface area (Å²) in [5, 5.41) is 11.1. The van der Waals surface area contributed by atoms with Gasteiger partial charge in [0.1, 0.15) is 6.10 Å². The molecule has 0 fully saturated rings. The number of hydrogen-bond acceptors (Lipinski definition) is 3. The molecule has 15 heavy (non-hydrogen) atoms. The van der Waals surface area contributed by atoms with Crippen molar-refractivity contribution < 1.29 is 18.3 Å². The lowest BCUT2D eigenvalue weighted by Crippen LogP contribution is -2.27. The van der Waals surface area contributed by atoms with Crippen molar-refractivity contribution in [1.29, 1.82) is 0 Å². The minimum Gasteiger partial charge on any atom is -0.385 e. The summed E-state index contributed by atoms with van der Waals surface area (Å²) in [6, 6.07) is 0.992. The number of aromatic nitrogens is 1. The third-order valence-electron chi connectivity index (χ3n) is 1.58. The molecule has 2 N–H and O–H groups in total. The van der Waals surface area contributed by atoms with E-state index < -0.39 is 24.9 Å². The highest BCUT2D eigenvalue weighted by molar-refractivity contribution is 6.30. The third-order valence-corrected chi connectivity index (χ3v) is 1.78. The van der Waals surface area contributed by atoms with Crippen molar-refractivity contribution >= 4 is 17.4 Å². The highest BCUT2D eigenvalue weighted by atomic mass is 35.5. The molecule has 0 aliphatic heterocycles. The van der Waals surface area contributed by atoms with Gasteiger partial charge >= 0.3 is 0 Å². The molecule has 1 aromatic rings. The zero-order valence-corrected chi connectivity index (χ0v) is 8.18. The maximum absolute atomic E-state index is 13.0. The van der Waals surface area contributed by atoms with Gasteiger partial charge in [0, 0.05) is 12.7 Å². The number of nitrogens with one attached hydrogen (secondary N) is 1. The van der Waals surface area contributed by atoms with E-state index in [1.165, 1.54) is 6.20 Å². The Morgan fingerprint density at radius 2 is 2.20 bits per heavy atom. The number of nitrogens with zero attached hydrogens (tertiary/aromatic N) is 1. The molecule has 3 nitrogen and oxygen atoms in total. The van der Waals surface area contributed by atoms with E-state index in [1.807, 2.05) is 0 Å². The lowest BCUT2D eigenvalue weighted by atomic mass is 10.3. The van der Waals surface area contributed by atoms with E-state index in [0.29, 0.717) is 0 Å². The molecule has 1 unspecified atom stereocenters. The van der Waals surface area contributed by atoms with Crippen LogP contribution in [-0.4, -0.2) is 29.2 Å². The highest BCUT2D eigenvalue weighted by Crippen LogP contribution is 2.15. The van der Waals surface area contributed by atoms with Crippen LogP contribution in [-0.2, 0) is 0 Å². The Kier molecular flexibility index (Phi) is 4.16. The summed E-state index contributed by atoms with van der Waals surface area (Å²) in [7, 11) is 0. The summed E-state index contributed by atoms with van der Waals surface area (Å²) in [6.45, 7) is -0.483. The van der Waals surface area contributed by atoms with Crippen molar-refractivity contribution in [2.24, 2.45) is 0 Å². The summed E-state index contributed by atoms with van der Waals surface area (Å²) >= 11 is 5.43. The van der Waals surface area contributed by atoms with Gasteiger partial charge in [-0.2, -0.15) is 0 Å². The van der Waals surface area contributed by atoms with Crippen LogP contribution >= 0.6 is 11.6 Å². The molecule has 0 spiro atoms. The number of halogens is 4. The molecule has 84 valence electrons. The number of pyridine rings is 1. The van der Waals surface area contributed by atoms with Crippen LogP contribution in [0, 0.1) is 5.82 Å². The Balaban J connectivity index is 2.58. The van der Waals surface area contributed by atoms with Gasteiger partial charge in [-0.05, 0) is 6.07 Å². The van der Waals surface area contributed by atoms with Crippen LogP contribution < -0.4 is 5.32 Å². The second-order valence-corrected chi connectivity index (χ2v) is 3.20. The van der Waals surface area contributed by atoms with Crippen LogP contribution in [0.4, 0.5) is 19.0 Å². The molecule has 0 radical (unpaired) electrons. The van der Waals surface area contributed by atoms with Gasteiger partial charge in [-0.3, -0.25) is 0 Å². The molecule has 0 saturated carbocycles. The molecule has 7 heteroatoms. The van der Waals surface area contributed by atoms with Crippen molar-refractivity contribution in [2.45, 2.75) is 12.5 Å². The second-order valence-electron chi connectivity index (χ2n) is 2.77. The first-order chi connectivity index (χ1) is 7.00. The summed E-state index contributed by atoms with van der Waals surface area (Å²) in [6.07, 6.45) is -3.57. The van der Waals surface area contributed by atoms with Gasteiger partial charge in [0.15, 0.2) is 11.6 Å². The van der Waals surface area contributed by atoms with Crippen LogP contribution in [0.15, 0.2) is 12.3 Å². The van der Waals surface area contributed by atoms with Gasteiger partial charge in [-0.15, -0.1) is 0 Å². The quantitative estimate of drug-likeness (QED) is 0.845. The molecule has 0 bridgehead atoms. The summed E-state index contributed by atoms with van der Waals surface area (Å²) < 4.78 is 36.8. The van der Waals surface area contributed by atoms with Gasteiger partial charge in [0.2, 0.25) is 0 Å². The maximum Gasteiger partial charge on any atom is 0.265 e. The topological polar surface area (TPSA) is 45.1 Å². The normalized spacial score (nSPS) is 12.9. The maximum atomic E-state index is 13.0. The number of rotatable bonds is 4. The molecule has 0 aliphatic rings. The average Bonchev–Trinajstić information content (AvgIpc) is 2.15. The Hall–Kier alpha value is -1.01. The van der Waals surface area contributed by atoms with Gasteiger partial charge in [0.05, 0.1) is 5.02 Å². The Labute approximate surface area is 88.9 Å². The fourth-order valence-electron chi connectivity index (χ4n) is 0.835. The molecule has 1 heterocycles. The van der Waals surface area contributed by atoms with Crippen LogP contribution in [0.5, 0.6) is 0 Å². The zero-order chi connectivity index (χ0) is 11.4. The number of alkyl halides is 2. The van der Waals surface area contributed by atoms with Gasteiger partial charge in [-0.25, -0.2) is 18.2 Å². The fraction of sp³-hybridized carbons (Fsp3) is 0.375. The SMILES string of the molecule is OC(CNc1ncc(Cl)cc1F)C(F)F. The summed E-state index contributed by atoms with van der Waals surface area (Å²) in [4.78, 5) is 3.54. The largest absolute Gasteiger partial charge is 0.385 e. The molecule has 1 aromatic heterocycles. The standard InChI is InChI=1S/C8H8ClF3N2O/c9-4-1-5(10)8(13-2-4)14-3-6(15)7(11)12/h1-2,6-7,15H,3H2,(H,13,14). The molecular weight excluding hydrogens is 233 g/mol. The van der Waals surface area contributed by atoms with E-state index in [0.717, 1.165) is 6.07 Å². The molecule has 0 aromatic carbocycles. The monoisotopic (exact) mass is 240 g/mol. The minimum atomic E-state index is -2.88. The highest BCUT2D eigenvalue weighted by Gasteiger charge is 2.17. The number of hydrogen-bond donors (Lipinski definition) is 2. The van der Waals surface area contributed by atoms with Crippen molar-refractivity contribution in [3.8, 4) is 0 Å². The van der Waals surface area contributed by atoms with Crippen LogP contribution in [0.25, 0.3) is 0 Å². The zero-order valence-electron chi connectivity index (χ0n) is 7.42. The third kappa shape index (κ3) is 3.56. The molecule has 0 aliphatic carbocycles. The van der Waals surface area contributed by atoms with E-state index >= 15 is 0 Å². The number of aliphatic hydroxyl groups excluding tert-OH is 1. The minimum absolute atomic E-state index is 0.104. The molecule has 0 saturated heterocycles. The predicted molar refractivity (Wildman–Crippen MR) is 49.7 cm³/mol.